The summed E-state index contributed by atoms with van der Waals surface area (Å²) in [6, 6.07) is 0. The maximum absolute atomic E-state index is 5.94. The number of hydrogen-bond acceptors (Lipinski definition) is 4. The Labute approximate surface area is 94.4 Å². The van der Waals surface area contributed by atoms with Gasteiger partial charge in [0.2, 0.25) is 0 Å². The summed E-state index contributed by atoms with van der Waals surface area (Å²) in [5.41, 5.74) is 0. The van der Waals surface area contributed by atoms with Crippen LogP contribution in [0.2, 0.25) is 5.15 Å². The van der Waals surface area contributed by atoms with Crippen molar-refractivity contribution in [1.82, 2.24) is 8.75 Å². The molecule has 0 fully saturated rings. The summed E-state index contributed by atoms with van der Waals surface area (Å²) >= 11 is 7.11. The average Bonchev–Trinajstić information content (AvgIpc) is 2.60. The van der Waals surface area contributed by atoms with Gasteiger partial charge in [0.05, 0.1) is 11.7 Å². The smallest absolute Gasteiger partial charge is 0.187 e. The van der Waals surface area contributed by atoms with Gasteiger partial charge in [-0.3, -0.25) is 0 Å². The molecule has 5 heteroatoms. The minimum atomic E-state index is 0.528. The lowest BCUT2D eigenvalue weighted by molar-refractivity contribution is 0.546. The fourth-order valence-electron chi connectivity index (χ4n) is 1.23. The molecule has 0 saturated heterocycles. The van der Waals surface area contributed by atoms with Crippen molar-refractivity contribution in [2.45, 2.75) is 27.2 Å². The first-order valence-electron chi connectivity index (χ1n) is 4.92. The van der Waals surface area contributed by atoms with Crippen LogP contribution in [0.25, 0.3) is 0 Å². The van der Waals surface area contributed by atoms with Crippen LogP contribution in [0.15, 0.2) is 0 Å². The van der Waals surface area contributed by atoms with Crippen LogP contribution < -0.4 is 4.90 Å². The molecule has 0 N–H and O–H groups in total. The molecule has 0 amide bonds. The van der Waals surface area contributed by atoms with E-state index in [-0.39, 0.29) is 0 Å². The van der Waals surface area contributed by atoms with E-state index in [1.165, 1.54) is 18.1 Å². The van der Waals surface area contributed by atoms with Crippen molar-refractivity contribution in [3.8, 4) is 0 Å². The first-order valence-corrected chi connectivity index (χ1v) is 6.02. The van der Waals surface area contributed by atoms with Crippen LogP contribution in [-0.2, 0) is 0 Å². The Morgan fingerprint density at radius 2 is 2.14 bits per heavy atom. The maximum atomic E-state index is 5.94. The Hall–Kier alpha value is -0.350. The number of nitrogens with zero attached hydrogens (tertiary/aromatic N) is 3. The van der Waals surface area contributed by atoms with E-state index in [0.29, 0.717) is 11.1 Å². The fourth-order valence-corrected chi connectivity index (χ4v) is 2.01. The summed E-state index contributed by atoms with van der Waals surface area (Å²) in [7, 11) is 0. The van der Waals surface area contributed by atoms with Gasteiger partial charge in [-0.1, -0.05) is 31.9 Å². The standard InChI is InChI=1S/C9H16ClN3S/c1-4-7(3)6-13(5-2)9-8(10)11-14-12-9/h7H,4-6H2,1-3H3. The van der Waals surface area contributed by atoms with Gasteiger partial charge in [-0.25, -0.2) is 0 Å². The molecule has 80 valence electrons. The molecule has 0 aliphatic rings. The highest BCUT2D eigenvalue weighted by atomic mass is 35.5. The molecule has 0 saturated carbocycles. The second kappa shape index (κ2) is 5.51. The first kappa shape index (κ1) is 11.7. The van der Waals surface area contributed by atoms with Crippen LogP contribution in [0.5, 0.6) is 0 Å². The molecule has 1 aromatic heterocycles. The minimum Gasteiger partial charge on any atom is -0.353 e. The minimum absolute atomic E-state index is 0.528. The van der Waals surface area contributed by atoms with Crippen LogP contribution in [0.4, 0.5) is 5.82 Å². The van der Waals surface area contributed by atoms with E-state index in [1.807, 2.05) is 0 Å². The highest BCUT2D eigenvalue weighted by Crippen LogP contribution is 2.23. The van der Waals surface area contributed by atoms with E-state index in [0.717, 1.165) is 18.9 Å². The van der Waals surface area contributed by atoms with E-state index in [9.17, 15) is 0 Å². The van der Waals surface area contributed by atoms with Gasteiger partial charge in [0, 0.05) is 13.1 Å². The van der Waals surface area contributed by atoms with Gasteiger partial charge in [-0.05, 0) is 12.8 Å². The maximum Gasteiger partial charge on any atom is 0.187 e. The zero-order valence-corrected chi connectivity index (χ0v) is 10.4. The van der Waals surface area contributed by atoms with Gasteiger partial charge in [0.25, 0.3) is 0 Å². The van der Waals surface area contributed by atoms with Gasteiger partial charge < -0.3 is 4.90 Å². The van der Waals surface area contributed by atoms with Gasteiger partial charge in [0.1, 0.15) is 0 Å². The first-order chi connectivity index (χ1) is 6.69. The van der Waals surface area contributed by atoms with Crippen molar-refractivity contribution in [1.29, 1.82) is 0 Å². The van der Waals surface area contributed by atoms with E-state index >= 15 is 0 Å². The van der Waals surface area contributed by atoms with E-state index < -0.39 is 0 Å². The van der Waals surface area contributed by atoms with Crippen LogP contribution in [-0.4, -0.2) is 21.8 Å². The van der Waals surface area contributed by atoms with E-state index in [2.05, 4.69) is 34.4 Å². The van der Waals surface area contributed by atoms with Crippen LogP contribution in [0, 0.1) is 5.92 Å². The molecule has 1 heterocycles. The van der Waals surface area contributed by atoms with Crippen molar-refractivity contribution in [3.63, 3.8) is 0 Å². The molecule has 1 unspecified atom stereocenters. The zero-order valence-electron chi connectivity index (χ0n) is 8.83. The van der Waals surface area contributed by atoms with Crippen LogP contribution >= 0.6 is 23.3 Å². The average molecular weight is 234 g/mol. The van der Waals surface area contributed by atoms with E-state index in [1.54, 1.807) is 0 Å². The summed E-state index contributed by atoms with van der Waals surface area (Å²) in [6.07, 6.45) is 1.17. The van der Waals surface area contributed by atoms with Crippen molar-refractivity contribution >= 4 is 29.1 Å². The third kappa shape index (κ3) is 2.82. The molecule has 1 aromatic rings. The summed E-state index contributed by atoms with van der Waals surface area (Å²) in [6.45, 7) is 8.46. The Morgan fingerprint density at radius 1 is 1.43 bits per heavy atom. The van der Waals surface area contributed by atoms with Crippen molar-refractivity contribution < 1.29 is 0 Å². The molecule has 0 aliphatic carbocycles. The molecule has 3 nitrogen and oxygen atoms in total. The topological polar surface area (TPSA) is 29.0 Å². The molecule has 14 heavy (non-hydrogen) atoms. The summed E-state index contributed by atoms with van der Waals surface area (Å²) in [5.74, 6) is 1.49. The Morgan fingerprint density at radius 3 is 2.57 bits per heavy atom. The van der Waals surface area contributed by atoms with Gasteiger partial charge >= 0.3 is 0 Å². The van der Waals surface area contributed by atoms with E-state index in [4.69, 9.17) is 11.6 Å². The monoisotopic (exact) mass is 233 g/mol. The quantitative estimate of drug-likeness (QED) is 0.783. The lowest BCUT2D eigenvalue weighted by atomic mass is 10.1. The number of hydrogen-bond donors (Lipinski definition) is 0. The molecule has 0 bridgehead atoms. The Bertz CT molecular complexity index is 277. The highest BCUT2D eigenvalue weighted by molar-refractivity contribution is 6.99. The summed E-state index contributed by atoms with van der Waals surface area (Å²) < 4.78 is 8.17. The lowest BCUT2D eigenvalue weighted by Gasteiger charge is -2.23. The fraction of sp³-hybridized carbons (Fsp3) is 0.778. The second-order valence-electron chi connectivity index (χ2n) is 3.43. The van der Waals surface area contributed by atoms with Gasteiger partial charge in [0.15, 0.2) is 11.0 Å². The lowest BCUT2D eigenvalue weighted by Crippen LogP contribution is -2.28. The molecule has 0 aromatic carbocycles. The molecule has 0 aliphatic heterocycles. The normalized spacial score (nSPS) is 12.9. The molecule has 1 atom stereocenters. The van der Waals surface area contributed by atoms with Crippen molar-refractivity contribution in [3.05, 3.63) is 5.15 Å². The molecule has 1 rings (SSSR count). The van der Waals surface area contributed by atoms with Crippen molar-refractivity contribution in [2.24, 2.45) is 5.92 Å². The van der Waals surface area contributed by atoms with Crippen LogP contribution in [0.3, 0.4) is 0 Å². The number of halogens is 1. The third-order valence-corrected chi connectivity index (χ3v) is 3.22. The van der Waals surface area contributed by atoms with Gasteiger partial charge in [-0.15, -0.1) is 0 Å². The van der Waals surface area contributed by atoms with Crippen molar-refractivity contribution in [2.75, 3.05) is 18.0 Å². The zero-order chi connectivity index (χ0) is 10.6. The summed E-state index contributed by atoms with van der Waals surface area (Å²) in [5, 5.41) is 0.528. The SMILES string of the molecule is CCC(C)CN(CC)c1nsnc1Cl. The van der Waals surface area contributed by atoms with Crippen LogP contribution in [0.1, 0.15) is 27.2 Å². The predicted octanol–water partition coefficient (Wildman–Crippen LogP) is 3.06. The largest absolute Gasteiger partial charge is 0.353 e. The second-order valence-corrected chi connectivity index (χ2v) is 4.32. The predicted molar refractivity (Wildman–Crippen MR) is 62.3 cm³/mol. The molecular formula is C9H16ClN3S. The highest BCUT2D eigenvalue weighted by Gasteiger charge is 2.14. The number of rotatable bonds is 5. The van der Waals surface area contributed by atoms with Gasteiger partial charge in [-0.2, -0.15) is 8.75 Å². The number of anilines is 1. The Kier molecular flexibility index (Phi) is 4.62. The third-order valence-electron chi connectivity index (χ3n) is 2.34. The Balaban J connectivity index is 2.67. The molecule has 0 radical (unpaired) electrons. The summed E-state index contributed by atoms with van der Waals surface area (Å²) in [4.78, 5) is 2.18. The number of aromatic nitrogens is 2. The molecular weight excluding hydrogens is 218 g/mol. The molecule has 0 spiro atoms.